The van der Waals surface area contributed by atoms with Crippen molar-refractivity contribution in [2.75, 3.05) is 13.2 Å². The van der Waals surface area contributed by atoms with Gasteiger partial charge in [0.2, 0.25) is 11.8 Å². The lowest BCUT2D eigenvalue weighted by molar-refractivity contribution is -0.122. The van der Waals surface area contributed by atoms with E-state index >= 15 is 0 Å². The van der Waals surface area contributed by atoms with Crippen LogP contribution in [0.15, 0.2) is 58.7 Å². The maximum absolute atomic E-state index is 12.0. The van der Waals surface area contributed by atoms with Gasteiger partial charge in [-0.1, -0.05) is 49.9 Å². The number of hydrogen-bond donors (Lipinski definition) is 2. The number of amides is 2. The molecule has 0 atom stereocenters. The van der Waals surface area contributed by atoms with Gasteiger partial charge in [0.15, 0.2) is 0 Å². The predicted molar refractivity (Wildman–Crippen MR) is 144 cm³/mol. The summed E-state index contributed by atoms with van der Waals surface area (Å²) in [7, 11) is 0. The van der Waals surface area contributed by atoms with Crippen LogP contribution < -0.4 is 20.3 Å². The van der Waals surface area contributed by atoms with Gasteiger partial charge in [-0.2, -0.15) is 10.2 Å². The first-order valence-corrected chi connectivity index (χ1v) is 12.7. The van der Waals surface area contributed by atoms with Crippen molar-refractivity contribution in [2.45, 2.75) is 65.2 Å². The molecular formula is C28H38N4O4. The highest BCUT2D eigenvalue weighted by Crippen LogP contribution is 2.16. The normalized spacial score (nSPS) is 11.1. The standard InChI is InChI=1S/C28H38N4O4/c1-3-35-25-17-13-11-15-23(25)21-29-31-27(33)19-9-7-5-6-8-10-20-28(34)32-30-22-24-16-12-14-18-26(24)36-4-2/h11-18,21-22H,3-10,19-20H2,1-2H3,(H,31,33)(H,32,34)/b29-21-,30-22?. The van der Waals surface area contributed by atoms with Crippen LogP contribution in [0.25, 0.3) is 0 Å². The van der Waals surface area contributed by atoms with E-state index in [1.54, 1.807) is 12.4 Å². The first-order valence-electron chi connectivity index (χ1n) is 12.7. The van der Waals surface area contributed by atoms with E-state index in [9.17, 15) is 9.59 Å². The number of ether oxygens (including phenoxy) is 2. The van der Waals surface area contributed by atoms with E-state index in [-0.39, 0.29) is 11.8 Å². The summed E-state index contributed by atoms with van der Waals surface area (Å²) in [5.41, 5.74) is 6.80. The molecule has 0 aliphatic carbocycles. The van der Waals surface area contributed by atoms with E-state index in [0.717, 1.165) is 61.2 Å². The minimum absolute atomic E-state index is 0.0961. The molecule has 2 aromatic carbocycles. The Hall–Kier alpha value is -3.68. The molecule has 0 heterocycles. The van der Waals surface area contributed by atoms with Crippen molar-refractivity contribution in [3.63, 3.8) is 0 Å². The lowest BCUT2D eigenvalue weighted by atomic mass is 10.1. The number of hydrazone groups is 2. The molecule has 0 radical (unpaired) electrons. The topological polar surface area (TPSA) is 101 Å². The van der Waals surface area contributed by atoms with Crippen molar-refractivity contribution in [1.82, 2.24) is 10.9 Å². The zero-order valence-electron chi connectivity index (χ0n) is 21.4. The van der Waals surface area contributed by atoms with Crippen LogP contribution in [0.4, 0.5) is 0 Å². The van der Waals surface area contributed by atoms with Gasteiger partial charge in [-0.3, -0.25) is 9.59 Å². The summed E-state index contributed by atoms with van der Waals surface area (Å²) in [4.78, 5) is 23.9. The molecule has 0 aliphatic rings. The number of carbonyl (C=O) groups excluding carboxylic acids is 2. The summed E-state index contributed by atoms with van der Waals surface area (Å²) in [5, 5.41) is 8.07. The van der Waals surface area contributed by atoms with Crippen LogP contribution in [0.2, 0.25) is 0 Å². The van der Waals surface area contributed by atoms with Gasteiger partial charge in [-0.25, -0.2) is 10.9 Å². The number of nitrogens with one attached hydrogen (secondary N) is 2. The van der Waals surface area contributed by atoms with Gasteiger partial charge in [0.05, 0.1) is 25.6 Å². The lowest BCUT2D eigenvalue weighted by Gasteiger charge is -2.06. The molecule has 36 heavy (non-hydrogen) atoms. The third-order valence-electron chi connectivity index (χ3n) is 5.28. The molecule has 0 saturated heterocycles. The van der Waals surface area contributed by atoms with Crippen molar-refractivity contribution in [1.29, 1.82) is 0 Å². The van der Waals surface area contributed by atoms with E-state index in [2.05, 4.69) is 21.1 Å². The summed E-state index contributed by atoms with van der Waals surface area (Å²) < 4.78 is 11.1. The molecule has 0 fully saturated rings. The molecule has 8 heteroatoms. The Morgan fingerprint density at radius 3 is 1.47 bits per heavy atom. The molecule has 2 amide bonds. The zero-order valence-corrected chi connectivity index (χ0v) is 21.4. The van der Waals surface area contributed by atoms with Crippen molar-refractivity contribution < 1.29 is 19.1 Å². The largest absolute Gasteiger partial charge is 0.493 e. The third-order valence-corrected chi connectivity index (χ3v) is 5.28. The SMILES string of the molecule is CCOc1ccccc1C=NNC(=O)CCCCCCCCC(=O)N/N=C\c1ccccc1OCC. The molecule has 0 bridgehead atoms. The Balaban J connectivity index is 1.50. The van der Waals surface area contributed by atoms with E-state index in [4.69, 9.17) is 9.47 Å². The van der Waals surface area contributed by atoms with Gasteiger partial charge in [-0.05, 0) is 51.0 Å². The molecule has 0 unspecified atom stereocenters. The number of hydrogen-bond acceptors (Lipinski definition) is 6. The van der Waals surface area contributed by atoms with Crippen LogP contribution in [0.1, 0.15) is 76.3 Å². The maximum atomic E-state index is 12.0. The Kier molecular flexibility index (Phi) is 14.0. The fourth-order valence-corrected chi connectivity index (χ4v) is 3.49. The van der Waals surface area contributed by atoms with E-state index in [1.807, 2.05) is 62.4 Å². The fraction of sp³-hybridized carbons (Fsp3) is 0.429. The number of rotatable bonds is 17. The van der Waals surface area contributed by atoms with Crippen molar-refractivity contribution in [3.8, 4) is 11.5 Å². The Labute approximate surface area is 214 Å². The van der Waals surface area contributed by atoms with Crippen LogP contribution in [-0.4, -0.2) is 37.5 Å². The average Bonchev–Trinajstić information content (AvgIpc) is 2.88. The second-order valence-corrected chi connectivity index (χ2v) is 8.15. The lowest BCUT2D eigenvalue weighted by Crippen LogP contribution is -2.17. The molecule has 0 aromatic heterocycles. The summed E-state index contributed by atoms with van der Waals surface area (Å²) >= 11 is 0. The fourth-order valence-electron chi connectivity index (χ4n) is 3.49. The smallest absolute Gasteiger partial charge is 0.240 e. The number of para-hydroxylation sites is 2. The molecule has 2 rings (SSSR count). The molecule has 8 nitrogen and oxygen atoms in total. The maximum Gasteiger partial charge on any atom is 0.240 e. The highest BCUT2D eigenvalue weighted by atomic mass is 16.5. The highest BCUT2D eigenvalue weighted by molar-refractivity contribution is 5.85. The summed E-state index contributed by atoms with van der Waals surface area (Å²) in [6.45, 7) is 5.00. The number of nitrogens with zero attached hydrogens (tertiary/aromatic N) is 2. The molecule has 0 aliphatic heterocycles. The minimum atomic E-state index is -0.0961. The van der Waals surface area contributed by atoms with Gasteiger partial charge in [0, 0.05) is 24.0 Å². The Bertz CT molecular complexity index is 912. The van der Waals surface area contributed by atoms with Crippen LogP contribution >= 0.6 is 0 Å². The Morgan fingerprint density at radius 1 is 0.667 bits per heavy atom. The van der Waals surface area contributed by atoms with Crippen LogP contribution in [0, 0.1) is 0 Å². The average molecular weight is 495 g/mol. The molecule has 0 saturated carbocycles. The molecule has 2 N–H and O–H groups in total. The zero-order chi connectivity index (χ0) is 25.8. The number of unbranched alkanes of at least 4 members (excludes halogenated alkanes) is 5. The predicted octanol–water partition coefficient (Wildman–Crippen LogP) is 5.21. The second-order valence-electron chi connectivity index (χ2n) is 8.15. The van der Waals surface area contributed by atoms with Gasteiger partial charge in [0.1, 0.15) is 11.5 Å². The molecular weight excluding hydrogens is 456 g/mol. The first-order chi connectivity index (χ1) is 17.6. The first kappa shape index (κ1) is 28.6. The monoisotopic (exact) mass is 494 g/mol. The van der Waals surface area contributed by atoms with Crippen LogP contribution in [-0.2, 0) is 9.59 Å². The van der Waals surface area contributed by atoms with Crippen molar-refractivity contribution >= 4 is 24.2 Å². The molecule has 0 spiro atoms. The van der Waals surface area contributed by atoms with Crippen molar-refractivity contribution in [2.24, 2.45) is 10.2 Å². The van der Waals surface area contributed by atoms with E-state index in [1.165, 1.54) is 0 Å². The van der Waals surface area contributed by atoms with Gasteiger partial charge < -0.3 is 9.47 Å². The van der Waals surface area contributed by atoms with Crippen molar-refractivity contribution in [3.05, 3.63) is 59.7 Å². The quantitative estimate of drug-likeness (QED) is 0.179. The molecule has 194 valence electrons. The van der Waals surface area contributed by atoms with Crippen LogP contribution in [0.3, 0.4) is 0 Å². The molecule has 2 aromatic rings. The number of benzene rings is 2. The second kappa shape index (κ2) is 17.7. The summed E-state index contributed by atoms with van der Waals surface area (Å²) in [5.74, 6) is 1.29. The summed E-state index contributed by atoms with van der Waals surface area (Å²) in [6, 6.07) is 15.1. The van der Waals surface area contributed by atoms with Gasteiger partial charge in [0.25, 0.3) is 0 Å². The highest BCUT2D eigenvalue weighted by Gasteiger charge is 2.03. The van der Waals surface area contributed by atoms with Crippen LogP contribution in [0.5, 0.6) is 11.5 Å². The van der Waals surface area contributed by atoms with E-state index in [0.29, 0.717) is 26.1 Å². The van der Waals surface area contributed by atoms with Gasteiger partial charge >= 0.3 is 0 Å². The van der Waals surface area contributed by atoms with E-state index < -0.39 is 0 Å². The number of carbonyl (C=O) groups is 2. The third kappa shape index (κ3) is 11.6. The Morgan fingerprint density at radius 2 is 1.06 bits per heavy atom. The summed E-state index contributed by atoms with van der Waals surface area (Å²) in [6.07, 6.45) is 9.73. The minimum Gasteiger partial charge on any atom is -0.493 e. The van der Waals surface area contributed by atoms with Gasteiger partial charge in [-0.15, -0.1) is 0 Å².